The Balaban J connectivity index is 0. The molecule has 0 spiro atoms. The molecule has 0 aliphatic heterocycles. The maximum Gasteiger partial charge on any atom is 0.293 e. The quantitative estimate of drug-likeness (QED) is 0.592. The summed E-state index contributed by atoms with van der Waals surface area (Å²) < 4.78 is 4.55. The second kappa shape index (κ2) is 6.16. The molecule has 0 fully saturated rings. The third-order valence-electron chi connectivity index (χ3n) is 0.402. The summed E-state index contributed by atoms with van der Waals surface area (Å²) >= 11 is 0. The van der Waals surface area contributed by atoms with Gasteiger partial charge in [0.1, 0.15) is 5.60 Å². The standard InChI is InChI=1S/C5H10O2.C3H8O/c1-5(2,3)7-4-6;1-3(2)4/h4H,1-3H3;3-4H,1-2H3. The first-order valence-corrected chi connectivity index (χ1v) is 3.59. The fourth-order valence-electron chi connectivity index (χ4n) is 0.144. The molecule has 0 aromatic heterocycles. The Morgan fingerprint density at radius 3 is 1.64 bits per heavy atom. The molecule has 1 N–H and O–H groups in total. The van der Waals surface area contributed by atoms with Crippen LogP contribution in [0.4, 0.5) is 0 Å². The van der Waals surface area contributed by atoms with Gasteiger partial charge in [0.05, 0.1) is 0 Å². The van der Waals surface area contributed by atoms with Crippen molar-refractivity contribution in [2.24, 2.45) is 0 Å². The average Bonchev–Trinajstić information content (AvgIpc) is 1.58. The lowest BCUT2D eigenvalue weighted by molar-refractivity contribution is -0.138. The van der Waals surface area contributed by atoms with Crippen molar-refractivity contribution >= 4 is 6.47 Å². The number of hydrogen-bond donors (Lipinski definition) is 1. The molecule has 0 aliphatic carbocycles. The Labute approximate surface area is 68.4 Å². The van der Waals surface area contributed by atoms with Crippen LogP contribution in [0.3, 0.4) is 0 Å². The fourth-order valence-corrected chi connectivity index (χ4v) is 0.144. The Kier molecular flexibility index (Phi) is 7.31. The SMILES string of the molecule is CC(C)(C)OC=O.CC(C)O. The maximum absolute atomic E-state index is 9.60. The van der Waals surface area contributed by atoms with E-state index in [1.54, 1.807) is 13.8 Å². The number of ether oxygens (including phenoxy) is 1. The number of carbonyl (C=O) groups excluding carboxylic acids is 1. The number of rotatable bonds is 1. The molecule has 0 rings (SSSR count). The van der Waals surface area contributed by atoms with E-state index in [1.807, 2.05) is 20.8 Å². The summed E-state index contributed by atoms with van der Waals surface area (Å²) in [6, 6.07) is 0. The van der Waals surface area contributed by atoms with Crippen LogP contribution in [-0.2, 0) is 9.53 Å². The highest BCUT2D eigenvalue weighted by atomic mass is 16.5. The van der Waals surface area contributed by atoms with Crippen molar-refractivity contribution in [3.05, 3.63) is 0 Å². The van der Waals surface area contributed by atoms with Crippen molar-refractivity contribution < 1.29 is 14.6 Å². The van der Waals surface area contributed by atoms with E-state index in [2.05, 4.69) is 4.74 Å². The van der Waals surface area contributed by atoms with E-state index in [0.29, 0.717) is 6.47 Å². The van der Waals surface area contributed by atoms with Gasteiger partial charge < -0.3 is 9.84 Å². The largest absolute Gasteiger partial charge is 0.462 e. The van der Waals surface area contributed by atoms with Crippen molar-refractivity contribution in [2.45, 2.75) is 46.3 Å². The Hall–Kier alpha value is -0.570. The van der Waals surface area contributed by atoms with Crippen LogP contribution in [0, 0.1) is 0 Å². The first-order valence-electron chi connectivity index (χ1n) is 3.59. The zero-order chi connectivity index (χ0) is 9.49. The van der Waals surface area contributed by atoms with Crippen molar-refractivity contribution in [2.75, 3.05) is 0 Å². The monoisotopic (exact) mass is 162 g/mol. The summed E-state index contributed by atoms with van der Waals surface area (Å²) in [5.74, 6) is 0. The number of aliphatic hydroxyl groups is 1. The molecule has 0 aromatic carbocycles. The van der Waals surface area contributed by atoms with Crippen LogP contribution in [0.2, 0.25) is 0 Å². The highest BCUT2D eigenvalue weighted by Crippen LogP contribution is 2.02. The number of aliphatic hydroxyl groups excluding tert-OH is 1. The highest BCUT2D eigenvalue weighted by Gasteiger charge is 2.07. The minimum absolute atomic E-state index is 0.167. The van der Waals surface area contributed by atoms with Crippen LogP contribution in [0.1, 0.15) is 34.6 Å². The van der Waals surface area contributed by atoms with Crippen LogP contribution in [0.25, 0.3) is 0 Å². The molecule has 3 heteroatoms. The molecule has 0 aliphatic rings. The average molecular weight is 162 g/mol. The Morgan fingerprint density at radius 1 is 1.36 bits per heavy atom. The smallest absolute Gasteiger partial charge is 0.293 e. The molecule has 0 aromatic rings. The third kappa shape index (κ3) is 44.2. The lowest BCUT2D eigenvalue weighted by Gasteiger charge is -2.14. The van der Waals surface area contributed by atoms with E-state index < -0.39 is 0 Å². The molecule has 0 atom stereocenters. The van der Waals surface area contributed by atoms with Gasteiger partial charge in [-0.15, -0.1) is 0 Å². The summed E-state index contributed by atoms with van der Waals surface area (Å²) in [5.41, 5.74) is -0.318. The van der Waals surface area contributed by atoms with Gasteiger partial charge in [0.2, 0.25) is 0 Å². The molecule has 11 heavy (non-hydrogen) atoms. The van der Waals surface area contributed by atoms with Gasteiger partial charge in [0.15, 0.2) is 0 Å². The molecular formula is C8H18O3. The first-order chi connectivity index (χ1) is 4.79. The van der Waals surface area contributed by atoms with Gasteiger partial charge in [-0.2, -0.15) is 0 Å². The lowest BCUT2D eigenvalue weighted by atomic mass is 10.2. The van der Waals surface area contributed by atoms with Crippen molar-refractivity contribution in [3.63, 3.8) is 0 Å². The van der Waals surface area contributed by atoms with Crippen LogP contribution in [0.5, 0.6) is 0 Å². The third-order valence-corrected chi connectivity index (χ3v) is 0.402. The summed E-state index contributed by atoms with van der Waals surface area (Å²) in [6.07, 6.45) is -0.167. The van der Waals surface area contributed by atoms with E-state index in [1.165, 1.54) is 0 Å². The molecular weight excluding hydrogens is 144 g/mol. The second-order valence-electron chi connectivity index (χ2n) is 3.42. The van der Waals surface area contributed by atoms with Gasteiger partial charge in [-0.1, -0.05) is 0 Å². The summed E-state index contributed by atoms with van der Waals surface area (Å²) in [4.78, 5) is 9.60. The summed E-state index contributed by atoms with van der Waals surface area (Å²) in [5, 5.41) is 8.06. The van der Waals surface area contributed by atoms with Crippen molar-refractivity contribution in [1.29, 1.82) is 0 Å². The molecule has 0 bridgehead atoms. The Morgan fingerprint density at radius 2 is 1.64 bits per heavy atom. The molecule has 0 radical (unpaired) electrons. The minimum Gasteiger partial charge on any atom is -0.462 e. The van der Waals surface area contributed by atoms with E-state index >= 15 is 0 Å². The molecule has 3 nitrogen and oxygen atoms in total. The molecule has 0 saturated carbocycles. The molecule has 0 amide bonds. The zero-order valence-corrected chi connectivity index (χ0v) is 7.92. The van der Waals surface area contributed by atoms with Crippen molar-refractivity contribution in [1.82, 2.24) is 0 Å². The minimum atomic E-state index is -0.318. The topological polar surface area (TPSA) is 46.5 Å². The van der Waals surface area contributed by atoms with Gasteiger partial charge in [0, 0.05) is 6.10 Å². The molecule has 68 valence electrons. The van der Waals surface area contributed by atoms with Crippen molar-refractivity contribution in [3.8, 4) is 0 Å². The summed E-state index contributed by atoms with van der Waals surface area (Å²) in [6.45, 7) is 9.37. The Bertz CT molecular complexity index is 89.2. The number of hydrogen-bond acceptors (Lipinski definition) is 3. The predicted molar refractivity (Wildman–Crippen MR) is 44.3 cm³/mol. The summed E-state index contributed by atoms with van der Waals surface area (Å²) in [7, 11) is 0. The molecule has 0 unspecified atom stereocenters. The van der Waals surface area contributed by atoms with Gasteiger partial charge in [-0.25, -0.2) is 0 Å². The number of carbonyl (C=O) groups is 1. The van der Waals surface area contributed by atoms with E-state index in [-0.39, 0.29) is 11.7 Å². The maximum atomic E-state index is 9.60. The van der Waals surface area contributed by atoms with Crippen LogP contribution in [-0.4, -0.2) is 23.3 Å². The van der Waals surface area contributed by atoms with E-state index in [9.17, 15) is 4.79 Å². The predicted octanol–water partition coefficient (Wildman–Crippen LogP) is 1.34. The normalized spacial score (nSPS) is 10.1. The van der Waals surface area contributed by atoms with Crippen LogP contribution >= 0.6 is 0 Å². The second-order valence-corrected chi connectivity index (χ2v) is 3.42. The van der Waals surface area contributed by atoms with E-state index in [0.717, 1.165) is 0 Å². The first kappa shape index (κ1) is 13.1. The van der Waals surface area contributed by atoms with Gasteiger partial charge in [0.25, 0.3) is 6.47 Å². The van der Waals surface area contributed by atoms with Gasteiger partial charge in [-0.3, -0.25) is 4.79 Å². The van der Waals surface area contributed by atoms with Gasteiger partial charge >= 0.3 is 0 Å². The fraction of sp³-hybridized carbons (Fsp3) is 0.875. The van der Waals surface area contributed by atoms with E-state index in [4.69, 9.17) is 5.11 Å². The van der Waals surface area contributed by atoms with Gasteiger partial charge in [-0.05, 0) is 34.6 Å². The lowest BCUT2D eigenvalue weighted by Crippen LogP contribution is -2.17. The van der Waals surface area contributed by atoms with Crippen LogP contribution < -0.4 is 0 Å². The molecule has 0 heterocycles. The molecule has 0 saturated heterocycles. The highest BCUT2D eigenvalue weighted by molar-refractivity contribution is 5.37. The zero-order valence-electron chi connectivity index (χ0n) is 7.92. The van der Waals surface area contributed by atoms with Crippen LogP contribution in [0.15, 0.2) is 0 Å².